The van der Waals surface area contributed by atoms with Crippen LogP contribution in [0.1, 0.15) is 33.8 Å². The SMILES string of the molecule is Cc1cc(C)c(C)c(-c2c3c(nc[n+]2C)C=C(c2ncncn2)C3)c1. The molecule has 3 aromatic rings. The number of aryl methyl sites for hydroxylation is 3. The highest BCUT2D eigenvalue weighted by Gasteiger charge is 2.28. The summed E-state index contributed by atoms with van der Waals surface area (Å²) in [6, 6.07) is 4.49. The minimum absolute atomic E-state index is 0.721. The normalized spacial score (nSPS) is 12.9. The van der Waals surface area contributed by atoms with Crippen LogP contribution in [-0.4, -0.2) is 19.9 Å². The van der Waals surface area contributed by atoms with Gasteiger partial charge in [-0.25, -0.2) is 19.5 Å². The molecule has 0 amide bonds. The van der Waals surface area contributed by atoms with Gasteiger partial charge in [0.2, 0.25) is 0 Å². The van der Waals surface area contributed by atoms with Gasteiger partial charge < -0.3 is 0 Å². The van der Waals surface area contributed by atoms with E-state index in [2.05, 4.69) is 70.5 Å². The second kappa shape index (κ2) is 5.84. The largest absolute Gasteiger partial charge is 0.287 e. The molecule has 1 aliphatic rings. The molecule has 0 unspecified atom stereocenters. The lowest BCUT2D eigenvalue weighted by Crippen LogP contribution is -2.33. The summed E-state index contributed by atoms with van der Waals surface area (Å²) in [6.07, 6.45) is 7.83. The molecule has 0 spiro atoms. The van der Waals surface area contributed by atoms with E-state index in [9.17, 15) is 0 Å². The summed E-state index contributed by atoms with van der Waals surface area (Å²) in [5.41, 5.74) is 9.69. The molecule has 0 saturated heterocycles. The van der Waals surface area contributed by atoms with Crippen molar-refractivity contribution in [2.24, 2.45) is 7.05 Å². The maximum absolute atomic E-state index is 4.61. The van der Waals surface area contributed by atoms with Gasteiger partial charge in [0.1, 0.15) is 18.3 Å². The van der Waals surface area contributed by atoms with Gasteiger partial charge in [0, 0.05) is 17.6 Å². The van der Waals surface area contributed by atoms with Gasteiger partial charge in [0.15, 0.2) is 11.5 Å². The van der Waals surface area contributed by atoms with Crippen molar-refractivity contribution in [1.29, 1.82) is 0 Å². The Labute approximate surface area is 147 Å². The van der Waals surface area contributed by atoms with Crippen LogP contribution in [0.3, 0.4) is 0 Å². The lowest BCUT2D eigenvalue weighted by Gasteiger charge is -2.13. The molecule has 0 saturated carbocycles. The van der Waals surface area contributed by atoms with Crippen LogP contribution in [0.15, 0.2) is 31.1 Å². The molecule has 0 bridgehead atoms. The van der Waals surface area contributed by atoms with E-state index in [0.717, 1.165) is 23.5 Å². The fourth-order valence-electron chi connectivity index (χ4n) is 3.51. The Morgan fingerprint density at radius 1 is 1.00 bits per heavy atom. The highest BCUT2D eigenvalue weighted by Crippen LogP contribution is 2.35. The number of hydrogen-bond acceptors (Lipinski definition) is 4. The number of rotatable bonds is 2. The highest BCUT2D eigenvalue weighted by molar-refractivity contribution is 5.88. The van der Waals surface area contributed by atoms with Gasteiger partial charge in [0.25, 0.3) is 6.33 Å². The van der Waals surface area contributed by atoms with Gasteiger partial charge in [0.05, 0.1) is 12.6 Å². The molecule has 5 nitrogen and oxygen atoms in total. The quantitative estimate of drug-likeness (QED) is 0.678. The molecule has 0 fully saturated rings. The van der Waals surface area contributed by atoms with Crippen molar-refractivity contribution in [2.45, 2.75) is 27.2 Å². The maximum Gasteiger partial charge on any atom is 0.287 e. The number of fused-ring (bicyclic) bond motifs is 1. The lowest BCUT2D eigenvalue weighted by atomic mass is 9.94. The van der Waals surface area contributed by atoms with Gasteiger partial charge in [-0.1, -0.05) is 11.6 Å². The summed E-state index contributed by atoms with van der Waals surface area (Å²) in [5.74, 6) is 0.721. The van der Waals surface area contributed by atoms with Gasteiger partial charge in [-0.05, 0) is 49.0 Å². The summed E-state index contributed by atoms with van der Waals surface area (Å²) in [4.78, 5) is 17.1. The predicted octanol–water partition coefficient (Wildman–Crippen LogP) is 2.78. The average Bonchev–Trinajstić information content (AvgIpc) is 3.03. The monoisotopic (exact) mass is 330 g/mol. The standard InChI is InChI=1S/C20H20N5/c1-12-5-13(2)14(3)16(6-12)19-17-7-15(20-22-9-21-10-23-20)8-18(17)24-11-25(19)4/h5-6,8-11H,7H2,1-4H3/q+1. The molecule has 5 heteroatoms. The molecule has 0 radical (unpaired) electrons. The van der Waals surface area contributed by atoms with Gasteiger partial charge in [-0.2, -0.15) is 0 Å². The fourth-order valence-corrected chi connectivity index (χ4v) is 3.51. The van der Waals surface area contributed by atoms with E-state index in [1.54, 1.807) is 0 Å². The second-order valence-electron chi connectivity index (χ2n) is 6.63. The van der Waals surface area contributed by atoms with Crippen molar-refractivity contribution in [1.82, 2.24) is 19.9 Å². The molecule has 124 valence electrons. The van der Waals surface area contributed by atoms with E-state index >= 15 is 0 Å². The Hall–Kier alpha value is -2.95. The van der Waals surface area contributed by atoms with Crippen LogP contribution < -0.4 is 4.57 Å². The van der Waals surface area contributed by atoms with E-state index in [1.165, 1.54) is 46.2 Å². The Kier molecular flexibility index (Phi) is 3.64. The highest BCUT2D eigenvalue weighted by atomic mass is 15.0. The van der Waals surface area contributed by atoms with Crippen LogP contribution in [0.2, 0.25) is 0 Å². The first-order valence-corrected chi connectivity index (χ1v) is 8.33. The molecule has 1 aliphatic carbocycles. The smallest absolute Gasteiger partial charge is 0.232 e. The van der Waals surface area contributed by atoms with Crippen molar-refractivity contribution >= 4 is 11.6 Å². The van der Waals surface area contributed by atoms with Gasteiger partial charge >= 0.3 is 0 Å². The maximum atomic E-state index is 4.61. The minimum atomic E-state index is 0.721. The predicted molar refractivity (Wildman–Crippen MR) is 96.5 cm³/mol. The van der Waals surface area contributed by atoms with Crippen LogP contribution in [0, 0.1) is 20.8 Å². The second-order valence-corrected chi connectivity index (χ2v) is 6.63. The minimum Gasteiger partial charge on any atom is -0.232 e. The summed E-state index contributed by atoms with van der Waals surface area (Å²) >= 11 is 0. The van der Waals surface area contributed by atoms with Gasteiger partial charge in [-0.3, -0.25) is 0 Å². The Balaban J connectivity index is 1.87. The van der Waals surface area contributed by atoms with Crippen molar-refractivity contribution < 1.29 is 4.57 Å². The molecular formula is C20H20N5+. The topological polar surface area (TPSA) is 55.4 Å². The number of benzene rings is 1. The van der Waals surface area contributed by atoms with Crippen LogP contribution in [0.5, 0.6) is 0 Å². The average molecular weight is 330 g/mol. The Bertz CT molecular complexity index is 1010. The van der Waals surface area contributed by atoms with Crippen molar-refractivity contribution in [3.05, 3.63) is 64.9 Å². The molecule has 0 atom stereocenters. The third-order valence-electron chi connectivity index (χ3n) is 4.84. The zero-order chi connectivity index (χ0) is 17.6. The molecule has 1 aromatic carbocycles. The van der Waals surface area contributed by atoms with Crippen LogP contribution in [0.4, 0.5) is 0 Å². The fraction of sp³-hybridized carbons (Fsp3) is 0.250. The lowest BCUT2D eigenvalue weighted by molar-refractivity contribution is -0.663. The van der Waals surface area contributed by atoms with Crippen molar-refractivity contribution in [3.63, 3.8) is 0 Å². The first-order valence-electron chi connectivity index (χ1n) is 8.33. The molecule has 25 heavy (non-hydrogen) atoms. The van der Waals surface area contributed by atoms with E-state index in [-0.39, 0.29) is 0 Å². The number of allylic oxidation sites excluding steroid dienone is 1. The van der Waals surface area contributed by atoms with Crippen LogP contribution in [0.25, 0.3) is 22.9 Å². The van der Waals surface area contributed by atoms with Crippen molar-refractivity contribution in [2.75, 3.05) is 0 Å². The first kappa shape index (κ1) is 15.6. The first-order chi connectivity index (χ1) is 12.0. The van der Waals surface area contributed by atoms with Crippen LogP contribution in [-0.2, 0) is 13.5 Å². The van der Waals surface area contributed by atoms with E-state index in [4.69, 9.17) is 0 Å². The molecule has 4 rings (SSSR count). The van der Waals surface area contributed by atoms with E-state index in [1.807, 2.05) is 6.33 Å². The third-order valence-corrected chi connectivity index (χ3v) is 4.84. The van der Waals surface area contributed by atoms with E-state index < -0.39 is 0 Å². The third kappa shape index (κ3) is 2.61. The summed E-state index contributed by atoms with van der Waals surface area (Å²) in [6.45, 7) is 6.50. The van der Waals surface area contributed by atoms with E-state index in [0.29, 0.717) is 0 Å². The Morgan fingerprint density at radius 2 is 1.76 bits per heavy atom. The summed E-state index contributed by atoms with van der Waals surface area (Å²) in [7, 11) is 2.06. The van der Waals surface area contributed by atoms with Crippen molar-refractivity contribution in [3.8, 4) is 11.3 Å². The molecule has 0 N–H and O–H groups in total. The Morgan fingerprint density at radius 3 is 2.52 bits per heavy atom. The molecular weight excluding hydrogens is 310 g/mol. The zero-order valence-electron chi connectivity index (χ0n) is 14.9. The number of aromatic nitrogens is 5. The van der Waals surface area contributed by atoms with Gasteiger partial charge in [-0.15, -0.1) is 0 Å². The molecule has 0 aliphatic heterocycles. The zero-order valence-corrected chi connectivity index (χ0v) is 14.9. The molecule has 2 heterocycles. The summed E-state index contributed by atoms with van der Waals surface area (Å²) in [5, 5.41) is 0. The summed E-state index contributed by atoms with van der Waals surface area (Å²) < 4.78 is 2.12. The number of hydrogen-bond donors (Lipinski definition) is 0. The number of nitrogens with zero attached hydrogens (tertiary/aromatic N) is 5. The van der Waals surface area contributed by atoms with Crippen LogP contribution >= 0.6 is 0 Å². The molecule has 2 aromatic heterocycles.